The van der Waals surface area contributed by atoms with E-state index in [-0.39, 0.29) is 5.91 Å². The Morgan fingerprint density at radius 2 is 2.33 bits per heavy atom. The van der Waals surface area contributed by atoms with E-state index in [1.165, 1.54) is 11.3 Å². The highest BCUT2D eigenvalue weighted by atomic mass is 32.1. The maximum Gasteiger partial charge on any atom is 0.227 e. The monoisotopic (exact) mass is 227 g/mol. The van der Waals surface area contributed by atoms with Gasteiger partial charge in [-0.25, -0.2) is 4.98 Å². The average molecular weight is 227 g/mol. The minimum absolute atomic E-state index is 0.00834. The Bertz CT molecular complexity index is 322. The number of hydrogen-bond acceptors (Lipinski definition) is 4. The summed E-state index contributed by atoms with van der Waals surface area (Å²) in [4.78, 5) is 15.7. The molecule has 1 aromatic heterocycles. The Morgan fingerprint density at radius 1 is 1.60 bits per heavy atom. The lowest BCUT2D eigenvalue weighted by molar-refractivity contribution is -0.116. The summed E-state index contributed by atoms with van der Waals surface area (Å²) in [6.07, 6.45) is 0.479. The molecule has 0 atom stereocenters. The van der Waals surface area contributed by atoms with Crippen LogP contribution >= 0.6 is 11.3 Å². The van der Waals surface area contributed by atoms with E-state index in [0.717, 1.165) is 5.69 Å². The highest BCUT2D eigenvalue weighted by Crippen LogP contribution is 2.21. The summed E-state index contributed by atoms with van der Waals surface area (Å²) in [7, 11) is 1.83. The molecule has 0 saturated carbocycles. The smallest absolute Gasteiger partial charge is 0.227 e. The van der Waals surface area contributed by atoms with Crippen LogP contribution in [0.15, 0.2) is 5.38 Å². The van der Waals surface area contributed by atoms with Crippen LogP contribution in [-0.4, -0.2) is 24.5 Å². The van der Waals surface area contributed by atoms with Crippen molar-refractivity contribution in [3.63, 3.8) is 0 Å². The van der Waals surface area contributed by atoms with Crippen LogP contribution < -0.4 is 10.6 Å². The zero-order valence-electron chi connectivity index (χ0n) is 9.33. The van der Waals surface area contributed by atoms with Crippen molar-refractivity contribution in [2.75, 3.05) is 18.9 Å². The molecule has 1 aromatic rings. The van der Waals surface area contributed by atoms with Gasteiger partial charge in [0.2, 0.25) is 5.91 Å². The van der Waals surface area contributed by atoms with Crippen LogP contribution in [0.5, 0.6) is 0 Å². The zero-order valence-corrected chi connectivity index (χ0v) is 10.1. The van der Waals surface area contributed by atoms with Crippen LogP contribution in [0.1, 0.15) is 31.9 Å². The first-order chi connectivity index (χ1) is 7.13. The average Bonchev–Trinajstić information content (AvgIpc) is 2.63. The quantitative estimate of drug-likeness (QED) is 0.806. The van der Waals surface area contributed by atoms with E-state index < -0.39 is 0 Å². The van der Waals surface area contributed by atoms with E-state index in [9.17, 15) is 4.79 Å². The van der Waals surface area contributed by atoms with Gasteiger partial charge in [0.25, 0.3) is 0 Å². The lowest BCUT2D eigenvalue weighted by Gasteiger charge is -2.01. The fourth-order valence-electron chi connectivity index (χ4n) is 1.03. The molecule has 0 aliphatic rings. The molecule has 15 heavy (non-hydrogen) atoms. The number of rotatable bonds is 5. The van der Waals surface area contributed by atoms with Crippen LogP contribution in [0.3, 0.4) is 0 Å². The first-order valence-corrected chi connectivity index (χ1v) is 5.91. The Hall–Kier alpha value is -0.940. The summed E-state index contributed by atoms with van der Waals surface area (Å²) in [5.74, 6) is 0.415. The molecule has 1 amide bonds. The van der Waals surface area contributed by atoms with Crippen LogP contribution in [0.4, 0.5) is 5.13 Å². The third-order valence-electron chi connectivity index (χ3n) is 1.96. The van der Waals surface area contributed by atoms with Crippen LogP contribution in [-0.2, 0) is 4.79 Å². The van der Waals surface area contributed by atoms with Gasteiger partial charge in [0.1, 0.15) is 0 Å². The van der Waals surface area contributed by atoms with Crippen molar-refractivity contribution >= 4 is 22.4 Å². The summed E-state index contributed by atoms with van der Waals surface area (Å²) in [6.45, 7) is 4.86. The third-order valence-corrected chi connectivity index (χ3v) is 2.74. The molecule has 84 valence electrons. The number of amides is 1. The largest absolute Gasteiger partial charge is 0.319 e. The van der Waals surface area contributed by atoms with Gasteiger partial charge in [0.05, 0.1) is 5.69 Å². The van der Waals surface area contributed by atoms with Crippen molar-refractivity contribution in [1.82, 2.24) is 10.3 Å². The van der Waals surface area contributed by atoms with Crippen molar-refractivity contribution in [3.8, 4) is 0 Å². The summed E-state index contributed by atoms with van der Waals surface area (Å²) >= 11 is 1.48. The number of hydrogen-bond donors (Lipinski definition) is 2. The molecule has 0 aliphatic carbocycles. The lowest BCUT2D eigenvalue weighted by Crippen LogP contribution is -2.18. The third kappa shape index (κ3) is 3.97. The minimum atomic E-state index is 0.00834. The van der Waals surface area contributed by atoms with Gasteiger partial charge in [-0.1, -0.05) is 13.8 Å². The van der Waals surface area contributed by atoms with Crippen molar-refractivity contribution in [2.24, 2.45) is 0 Å². The van der Waals surface area contributed by atoms with E-state index in [1.54, 1.807) is 0 Å². The molecule has 1 heterocycles. The van der Waals surface area contributed by atoms with Crippen LogP contribution in [0, 0.1) is 0 Å². The summed E-state index contributed by atoms with van der Waals surface area (Å²) in [5, 5.41) is 8.39. The number of anilines is 1. The first kappa shape index (κ1) is 12.1. The predicted molar refractivity (Wildman–Crippen MR) is 63.4 cm³/mol. The number of nitrogens with zero attached hydrogens (tertiary/aromatic N) is 1. The number of nitrogens with one attached hydrogen (secondary N) is 2. The maximum absolute atomic E-state index is 11.4. The van der Waals surface area contributed by atoms with Crippen LogP contribution in [0.2, 0.25) is 0 Å². The van der Waals surface area contributed by atoms with E-state index in [0.29, 0.717) is 24.0 Å². The van der Waals surface area contributed by atoms with E-state index in [4.69, 9.17) is 0 Å². The van der Waals surface area contributed by atoms with Crippen molar-refractivity contribution in [2.45, 2.75) is 26.2 Å². The lowest BCUT2D eigenvalue weighted by atomic mass is 10.2. The Morgan fingerprint density at radius 3 is 2.87 bits per heavy atom. The standard InChI is InChI=1S/C10H17N3OS/c1-7(2)8-6-15-10(12-8)13-9(14)4-5-11-3/h6-7,11H,4-5H2,1-3H3,(H,12,13,14). The SMILES string of the molecule is CNCCC(=O)Nc1nc(C(C)C)cs1. The van der Waals surface area contributed by atoms with Crippen LogP contribution in [0.25, 0.3) is 0 Å². The minimum Gasteiger partial charge on any atom is -0.319 e. The fourth-order valence-corrected chi connectivity index (χ4v) is 1.92. The molecular formula is C10H17N3OS. The second-order valence-corrected chi connectivity index (χ2v) is 4.49. The Kier molecular flexibility index (Phi) is 4.71. The molecule has 0 bridgehead atoms. The van der Waals surface area contributed by atoms with Gasteiger partial charge in [-0.3, -0.25) is 4.79 Å². The molecule has 0 aromatic carbocycles. The second-order valence-electron chi connectivity index (χ2n) is 3.63. The Labute approximate surface area is 94.1 Å². The number of carbonyl (C=O) groups excluding carboxylic acids is 1. The van der Waals surface area contributed by atoms with E-state index >= 15 is 0 Å². The van der Waals surface area contributed by atoms with E-state index in [2.05, 4.69) is 29.5 Å². The molecule has 0 aliphatic heterocycles. The Balaban J connectivity index is 2.46. The van der Waals surface area contributed by atoms with Gasteiger partial charge in [-0.15, -0.1) is 11.3 Å². The van der Waals surface area contributed by atoms with Gasteiger partial charge in [0, 0.05) is 18.3 Å². The predicted octanol–water partition coefficient (Wildman–Crippen LogP) is 1.81. The second kappa shape index (κ2) is 5.82. The van der Waals surface area contributed by atoms with Crippen molar-refractivity contribution in [3.05, 3.63) is 11.1 Å². The van der Waals surface area contributed by atoms with Gasteiger partial charge < -0.3 is 10.6 Å². The molecule has 0 unspecified atom stereocenters. The first-order valence-electron chi connectivity index (χ1n) is 5.03. The fraction of sp³-hybridized carbons (Fsp3) is 0.600. The molecule has 0 saturated heterocycles. The van der Waals surface area contributed by atoms with Crippen molar-refractivity contribution < 1.29 is 4.79 Å². The molecule has 4 nitrogen and oxygen atoms in total. The highest BCUT2D eigenvalue weighted by Gasteiger charge is 2.07. The number of thiazole rings is 1. The molecular weight excluding hydrogens is 210 g/mol. The number of aromatic nitrogens is 1. The topological polar surface area (TPSA) is 54.0 Å². The summed E-state index contributed by atoms with van der Waals surface area (Å²) in [6, 6.07) is 0. The molecule has 5 heteroatoms. The van der Waals surface area contributed by atoms with Gasteiger partial charge >= 0.3 is 0 Å². The molecule has 1 rings (SSSR count). The highest BCUT2D eigenvalue weighted by molar-refractivity contribution is 7.13. The zero-order chi connectivity index (χ0) is 11.3. The summed E-state index contributed by atoms with van der Waals surface area (Å²) in [5.41, 5.74) is 1.03. The molecule has 0 fully saturated rings. The molecule has 0 spiro atoms. The number of carbonyl (C=O) groups is 1. The van der Waals surface area contributed by atoms with E-state index in [1.807, 2.05) is 12.4 Å². The molecule has 2 N–H and O–H groups in total. The summed E-state index contributed by atoms with van der Waals surface area (Å²) < 4.78 is 0. The van der Waals surface area contributed by atoms with Gasteiger partial charge in [-0.05, 0) is 13.0 Å². The molecule has 0 radical (unpaired) electrons. The van der Waals surface area contributed by atoms with Gasteiger partial charge in [-0.2, -0.15) is 0 Å². The van der Waals surface area contributed by atoms with Crippen molar-refractivity contribution in [1.29, 1.82) is 0 Å². The normalized spacial score (nSPS) is 10.7. The van der Waals surface area contributed by atoms with Gasteiger partial charge in [0.15, 0.2) is 5.13 Å². The maximum atomic E-state index is 11.4.